The van der Waals surface area contributed by atoms with E-state index in [2.05, 4.69) is 31.3 Å². The van der Waals surface area contributed by atoms with Crippen LogP contribution in [0.1, 0.15) is 37.1 Å². The molecule has 0 aromatic heterocycles. The summed E-state index contributed by atoms with van der Waals surface area (Å²) in [4.78, 5) is 0. The van der Waals surface area contributed by atoms with Crippen LogP contribution in [0.25, 0.3) is 0 Å². The monoisotopic (exact) mass is 243 g/mol. The lowest BCUT2D eigenvalue weighted by Gasteiger charge is -2.20. The second-order valence-electron chi connectivity index (χ2n) is 4.57. The fourth-order valence-electron chi connectivity index (χ4n) is 2.06. The van der Waals surface area contributed by atoms with Crippen LogP contribution in [0.3, 0.4) is 0 Å². The van der Waals surface area contributed by atoms with Gasteiger partial charge in [0, 0.05) is 12.1 Å². The Kier molecular flexibility index (Phi) is 4.11. The Morgan fingerprint density at radius 1 is 0.778 bits per heavy atom. The SMILES string of the molecule is CC(NC(C)c1ccc(F)cc1)c1ccccc1. The molecule has 0 heterocycles. The molecule has 0 radical (unpaired) electrons. The van der Waals surface area contributed by atoms with Crippen LogP contribution in [-0.4, -0.2) is 0 Å². The van der Waals surface area contributed by atoms with Crippen LogP contribution in [0.15, 0.2) is 54.6 Å². The van der Waals surface area contributed by atoms with E-state index < -0.39 is 0 Å². The van der Waals surface area contributed by atoms with Crippen LogP contribution in [0.5, 0.6) is 0 Å². The van der Waals surface area contributed by atoms with Gasteiger partial charge in [0.1, 0.15) is 5.82 Å². The molecule has 2 aromatic rings. The van der Waals surface area contributed by atoms with Gasteiger partial charge in [-0.05, 0) is 37.1 Å². The minimum Gasteiger partial charge on any atom is -0.304 e. The highest BCUT2D eigenvalue weighted by Crippen LogP contribution is 2.19. The first-order valence-electron chi connectivity index (χ1n) is 6.23. The van der Waals surface area contributed by atoms with Crippen LogP contribution in [0, 0.1) is 5.82 Å². The van der Waals surface area contributed by atoms with E-state index in [0.29, 0.717) is 0 Å². The van der Waals surface area contributed by atoms with Gasteiger partial charge in [0.05, 0.1) is 0 Å². The Labute approximate surface area is 108 Å². The van der Waals surface area contributed by atoms with Crippen LogP contribution in [-0.2, 0) is 0 Å². The van der Waals surface area contributed by atoms with Crippen molar-refractivity contribution < 1.29 is 4.39 Å². The van der Waals surface area contributed by atoms with Crippen molar-refractivity contribution in [1.82, 2.24) is 5.32 Å². The van der Waals surface area contributed by atoms with E-state index in [9.17, 15) is 4.39 Å². The molecule has 0 saturated heterocycles. The summed E-state index contributed by atoms with van der Waals surface area (Å²) in [5.41, 5.74) is 2.35. The van der Waals surface area contributed by atoms with Crippen molar-refractivity contribution in [3.63, 3.8) is 0 Å². The maximum atomic E-state index is 12.9. The number of benzene rings is 2. The van der Waals surface area contributed by atoms with Gasteiger partial charge in [-0.2, -0.15) is 0 Å². The van der Waals surface area contributed by atoms with E-state index in [1.807, 2.05) is 30.3 Å². The first-order chi connectivity index (χ1) is 8.66. The van der Waals surface area contributed by atoms with Crippen molar-refractivity contribution in [1.29, 1.82) is 0 Å². The molecule has 0 fully saturated rings. The van der Waals surface area contributed by atoms with Gasteiger partial charge in [-0.1, -0.05) is 42.5 Å². The molecule has 0 aliphatic heterocycles. The molecule has 2 aromatic carbocycles. The minimum atomic E-state index is -0.193. The van der Waals surface area contributed by atoms with Crippen LogP contribution >= 0.6 is 0 Å². The van der Waals surface area contributed by atoms with E-state index in [0.717, 1.165) is 5.56 Å². The molecule has 1 nitrogen and oxygen atoms in total. The molecule has 18 heavy (non-hydrogen) atoms. The Morgan fingerprint density at radius 2 is 1.28 bits per heavy atom. The average Bonchev–Trinajstić information content (AvgIpc) is 2.40. The maximum absolute atomic E-state index is 12.9. The van der Waals surface area contributed by atoms with Gasteiger partial charge in [-0.25, -0.2) is 4.39 Å². The van der Waals surface area contributed by atoms with Gasteiger partial charge in [-0.3, -0.25) is 0 Å². The Morgan fingerprint density at radius 3 is 1.83 bits per heavy atom. The fourth-order valence-corrected chi connectivity index (χ4v) is 2.06. The Balaban J connectivity index is 2.03. The van der Waals surface area contributed by atoms with Crippen molar-refractivity contribution in [2.45, 2.75) is 25.9 Å². The third kappa shape index (κ3) is 3.17. The molecule has 2 atom stereocenters. The molecule has 2 heteroatoms. The smallest absolute Gasteiger partial charge is 0.123 e. The van der Waals surface area contributed by atoms with Crippen molar-refractivity contribution in [3.05, 3.63) is 71.5 Å². The highest BCUT2D eigenvalue weighted by Gasteiger charge is 2.10. The van der Waals surface area contributed by atoms with E-state index in [1.165, 1.54) is 17.7 Å². The van der Waals surface area contributed by atoms with Gasteiger partial charge in [-0.15, -0.1) is 0 Å². The molecule has 2 rings (SSSR count). The summed E-state index contributed by atoms with van der Waals surface area (Å²) in [6, 6.07) is 17.4. The topological polar surface area (TPSA) is 12.0 Å². The molecular weight excluding hydrogens is 225 g/mol. The Hall–Kier alpha value is -1.67. The summed E-state index contributed by atoms with van der Waals surface area (Å²) in [6.45, 7) is 4.22. The molecule has 0 bridgehead atoms. The number of rotatable bonds is 4. The molecule has 2 unspecified atom stereocenters. The zero-order valence-corrected chi connectivity index (χ0v) is 10.7. The average molecular weight is 243 g/mol. The van der Waals surface area contributed by atoms with Crippen LogP contribution < -0.4 is 5.32 Å². The summed E-state index contributed by atoms with van der Waals surface area (Å²) in [5, 5.41) is 3.51. The molecule has 0 saturated carbocycles. The van der Waals surface area contributed by atoms with Gasteiger partial charge < -0.3 is 5.32 Å². The molecule has 0 amide bonds. The summed E-state index contributed by atoms with van der Waals surface area (Å²) in [7, 11) is 0. The maximum Gasteiger partial charge on any atom is 0.123 e. The fraction of sp³-hybridized carbons (Fsp3) is 0.250. The van der Waals surface area contributed by atoms with Crippen molar-refractivity contribution in [3.8, 4) is 0 Å². The molecule has 0 aliphatic rings. The first kappa shape index (κ1) is 12.8. The van der Waals surface area contributed by atoms with Gasteiger partial charge in [0.15, 0.2) is 0 Å². The zero-order valence-electron chi connectivity index (χ0n) is 10.7. The highest BCUT2D eigenvalue weighted by molar-refractivity contribution is 5.22. The van der Waals surface area contributed by atoms with E-state index >= 15 is 0 Å². The summed E-state index contributed by atoms with van der Waals surface area (Å²) >= 11 is 0. The second-order valence-corrected chi connectivity index (χ2v) is 4.57. The van der Waals surface area contributed by atoms with Crippen molar-refractivity contribution in [2.24, 2.45) is 0 Å². The summed E-state index contributed by atoms with van der Waals surface area (Å²) in [5.74, 6) is -0.193. The van der Waals surface area contributed by atoms with Gasteiger partial charge in [0.2, 0.25) is 0 Å². The predicted octanol–water partition coefficient (Wildman–Crippen LogP) is 4.24. The third-order valence-corrected chi connectivity index (χ3v) is 3.17. The highest BCUT2D eigenvalue weighted by atomic mass is 19.1. The standard InChI is InChI=1S/C16H18FN/c1-12(14-6-4-3-5-7-14)18-13(2)15-8-10-16(17)11-9-15/h3-13,18H,1-2H3. The molecule has 0 spiro atoms. The van der Waals surface area contributed by atoms with E-state index in [1.54, 1.807) is 0 Å². The minimum absolute atomic E-state index is 0.193. The third-order valence-electron chi connectivity index (χ3n) is 3.17. The number of halogens is 1. The molecule has 0 aliphatic carbocycles. The number of nitrogens with one attached hydrogen (secondary N) is 1. The second kappa shape index (κ2) is 5.78. The van der Waals surface area contributed by atoms with Gasteiger partial charge >= 0.3 is 0 Å². The van der Waals surface area contributed by atoms with Crippen molar-refractivity contribution in [2.75, 3.05) is 0 Å². The quantitative estimate of drug-likeness (QED) is 0.847. The lowest BCUT2D eigenvalue weighted by Crippen LogP contribution is -2.22. The lowest BCUT2D eigenvalue weighted by molar-refractivity contribution is 0.494. The Bertz CT molecular complexity index is 478. The normalized spacial score (nSPS) is 14.2. The lowest BCUT2D eigenvalue weighted by atomic mass is 10.0. The summed E-state index contributed by atoms with van der Waals surface area (Å²) in [6.07, 6.45) is 0. The van der Waals surface area contributed by atoms with Crippen molar-refractivity contribution >= 4 is 0 Å². The van der Waals surface area contributed by atoms with Gasteiger partial charge in [0.25, 0.3) is 0 Å². The zero-order chi connectivity index (χ0) is 13.0. The van der Waals surface area contributed by atoms with E-state index in [4.69, 9.17) is 0 Å². The largest absolute Gasteiger partial charge is 0.304 e. The number of hydrogen-bond acceptors (Lipinski definition) is 1. The predicted molar refractivity (Wildman–Crippen MR) is 72.8 cm³/mol. The molecular formula is C16H18FN. The molecule has 94 valence electrons. The van der Waals surface area contributed by atoms with E-state index in [-0.39, 0.29) is 17.9 Å². The first-order valence-corrected chi connectivity index (χ1v) is 6.23. The number of hydrogen-bond donors (Lipinski definition) is 1. The van der Waals surface area contributed by atoms with Crippen LogP contribution in [0.4, 0.5) is 4.39 Å². The molecule has 1 N–H and O–H groups in total. The summed E-state index contributed by atoms with van der Waals surface area (Å²) < 4.78 is 12.9. The van der Waals surface area contributed by atoms with Crippen LogP contribution in [0.2, 0.25) is 0 Å².